The Kier molecular flexibility index (Phi) is 5.11. The molecule has 6 heteroatoms. The Balaban J connectivity index is 2.34. The number of nitrogen functional groups attached to an aromatic ring is 1. The minimum atomic E-state index is -3.50. The Hall–Kier alpha value is -1.27. The van der Waals surface area contributed by atoms with Crippen LogP contribution in [0.2, 0.25) is 0 Å². The maximum Gasteiger partial charge on any atom is 0.242 e. The van der Waals surface area contributed by atoms with Gasteiger partial charge in [-0.2, -0.15) is 0 Å². The van der Waals surface area contributed by atoms with Crippen LogP contribution in [0.4, 0.5) is 11.4 Å². The van der Waals surface area contributed by atoms with Gasteiger partial charge in [0.05, 0.1) is 5.69 Å². The van der Waals surface area contributed by atoms with Gasteiger partial charge in [0.2, 0.25) is 10.0 Å². The SMILES string of the molecule is CCC1CCCCCN1c1ccc(S(=O)(=O)NC)c(N)c1. The Bertz CT molecular complexity index is 587. The number of sulfonamides is 1. The van der Waals surface area contributed by atoms with Crippen LogP contribution in [0.1, 0.15) is 39.0 Å². The standard InChI is InChI=1S/C15H25N3O2S/c1-3-12-7-5-4-6-10-18(12)13-8-9-15(14(16)11-13)21(19,20)17-2/h8-9,11-12,17H,3-7,10,16H2,1-2H3. The molecule has 3 N–H and O–H groups in total. The van der Waals surface area contributed by atoms with Gasteiger partial charge in [-0.05, 0) is 44.5 Å². The summed E-state index contributed by atoms with van der Waals surface area (Å²) < 4.78 is 26.1. The van der Waals surface area contributed by atoms with E-state index in [1.807, 2.05) is 6.07 Å². The van der Waals surface area contributed by atoms with Gasteiger partial charge in [-0.1, -0.05) is 19.8 Å². The highest BCUT2D eigenvalue weighted by atomic mass is 32.2. The molecule has 1 aliphatic heterocycles. The van der Waals surface area contributed by atoms with Crippen LogP contribution in [-0.4, -0.2) is 28.1 Å². The molecule has 118 valence electrons. The van der Waals surface area contributed by atoms with Crippen LogP contribution in [0, 0.1) is 0 Å². The first kappa shape index (κ1) is 16.1. The van der Waals surface area contributed by atoms with Gasteiger partial charge >= 0.3 is 0 Å². The zero-order valence-corrected chi connectivity index (χ0v) is 13.6. The molecule has 1 unspecified atom stereocenters. The fourth-order valence-corrected chi connectivity index (χ4v) is 3.85. The lowest BCUT2D eigenvalue weighted by atomic mass is 10.1. The highest BCUT2D eigenvalue weighted by Gasteiger charge is 2.22. The summed E-state index contributed by atoms with van der Waals surface area (Å²) in [7, 11) is -2.10. The molecule has 1 aromatic rings. The fourth-order valence-electron chi connectivity index (χ4n) is 3.01. The molecule has 0 aliphatic carbocycles. The first-order chi connectivity index (χ1) is 9.99. The molecule has 1 atom stereocenters. The van der Waals surface area contributed by atoms with E-state index in [1.165, 1.54) is 32.7 Å². The van der Waals surface area contributed by atoms with E-state index in [9.17, 15) is 8.42 Å². The quantitative estimate of drug-likeness (QED) is 0.837. The first-order valence-corrected chi connectivity index (χ1v) is 9.07. The number of benzene rings is 1. The van der Waals surface area contributed by atoms with Gasteiger partial charge in [0.15, 0.2) is 0 Å². The molecule has 0 spiro atoms. The van der Waals surface area contributed by atoms with Gasteiger partial charge in [-0.25, -0.2) is 13.1 Å². The molecule has 1 heterocycles. The van der Waals surface area contributed by atoms with Crippen LogP contribution >= 0.6 is 0 Å². The van der Waals surface area contributed by atoms with Gasteiger partial charge < -0.3 is 10.6 Å². The lowest BCUT2D eigenvalue weighted by molar-refractivity contribution is 0.556. The minimum Gasteiger partial charge on any atom is -0.398 e. The van der Waals surface area contributed by atoms with E-state index in [-0.39, 0.29) is 4.90 Å². The topological polar surface area (TPSA) is 75.4 Å². The summed E-state index contributed by atoms with van der Waals surface area (Å²) >= 11 is 0. The third kappa shape index (κ3) is 3.49. The maximum atomic E-state index is 11.9. The lowest BCUT2D eigenvalue weighted by Gasteiger charge is -2.32. The molecule has 0 saturated carbocycles. The number of rotatable bonds is 4. The molecule has 0 amide bonds. The molecule has 1 aliphatic rings. The minimum absolute atomic E-state index is 0.150. The van der Waals surface area contributed by atoms with Crippen molar-refractivity contribution in [3.63, 3.8) is 0 Å². The summed E-state index contributed by atoms with van der Waals surface area (Å²) in [6, 6.07) is 5.78. The van der Waals surface area contributed by atoms with Crippen molar-refractivity contribution in [2.75, 3.05) is 24.2 Å². The van der Waals surface area contributed by atoms with Crippen LogP contribution < -0.4 is 15.4 Å². The van der Waals surface area contributed by atoms with Gasteiger partial charge in [0.1, 0.15) is 4.90 Å². The van der Waals surface area contributed by atoms with E-state index >= 15 is 0 Å². The second-order valence-corrected chi connectivity index (χ2v) is 7.39. The van der Waals surface area contributed by atoms with Crippen molar-refractivity contribution in [2.45, 2.75) is 50.0 Å². The molecule has 0 radical (unpaired) electrons. The van der Waals surface area contributed by atoms with Gasteiger partial charge in [-0.15, -0.1) is 0 Å². The Morgan fingerprint density at radius 3 is 2.71 bits per heavy atom. The van der Waals surface area contributed by atoms with E-state index in [4.69, 9.17) is 5.73 Å². The molecule has 1 saturated heterocycles. The van der Waals surface area contributed by atoms with Crippen molar-refractivity contribution in [2.24, 2.45) is 0 Å². The molecule has 5 nitrogen and oxygen atoms in total. The van der Waals surface area contributed by atoms with Crippen molar-refractivity contribution in [1.82, 2.24) is 4.72 Å². The van der Waals surface area contributed by atoms with Crippen LogP contribution in [0.3, 0.4) is 0 Å². The summed E-state index contributed by atoms with van der Waals surface area (Å²) in [5.41, 5.74) is 7.30. The average Bonchev–Trinajstić information content (AvgIpc) is 2.71. The summed E-state index contributed by atoms with van der Waals surface area (Å²) in [6.45, 7) is 3.21. The summed E-state index contributed by atoms with van der Waals surface area (Å²) in [4.78, 5) is 2.52. The van der Waals surface area contributed by atoms with Crippen molar-refractivity contribution >= 4 is 21.4 Å². The van der Waals surface area contributed by atoms with E-state index in [0.717, 1.165) is 18.7 Å². The molecule has 2 rings (SSSR count). The van der Waals surface area contributed by atoms with E-state index in [0.29, 0.717) is 11.7 Å². The van der Waals surface area contributed by atoms with Crippen LogP contribution in [0.5, 0.6) is 0 Å². The number of anilines is 2. The van der Waals surface area contributed by atoms with Crippen molar-refractivity contribution in [3.8, 4) is 0 Å². The van der Waals surface area contributed by atoms with Crippen molar-refractivity contribution < 1.29 is 8.42 Å². The molecule has 0 bridgehead atoms. The van der Waals surface area contributed by atoms with Crippen LogP contribution in [-0.2, 0) is 10.0 Å². The second kappa shape index (κ2) is 6.66. The molecule has 1 fully saturated rings. The predicted molar refractivity (Wildman–Crippen MR) is 87.0 cm³/mol. The monoisotopic (exact) mass is 311 g/mol. The number of hydrogen-bond acceptors (Lipinski definition) is 4. The average molecular weight is 311 g/mol. The van der Waals surface area contributed by atoms with Crippen molar-refractivity contribution in [3.05, 3.63) is 18.2 Å². The first-order valence-electron chi connectivity index (χ1n) is 7.59. The van der Waals surface area contributed by atoms with E-state index < -0.39 is 10.0 Å². The van der Waals surface area contributed by atoms with Crippen molar-refractivity contribution in [1.29, 1.82) is 0 Å². The lowest BCUT2D eigenvalue weighted by Crippen LogP contribution is -2.34. The molecule has 1 aromatic carbocycles. The smallest absolute Gasteiger partial charge is 0.242 e. The number of nitrogens with one attached hydrogen (secondary N) is 1. The van der Waals surface area contributed by atoms with Gasteiger partial charge in [-0.3, -0.25) is 0 Å². The third-order valence-electron chi connectivity index (χ3n) is 4.23. The highest BCUT2D eigenvalue weighted by Crippen LogP contribution is 2.30. The molecular weight excluding hydrogens is 286 g/mol. The van der Waals surface area contributed by atoms with Gasteiger partial charge in [0.25, 0.3) is 0 Å². The van der Waals surface area contributed by atoms with Crippen LogP contribution in [0.15, 0.2) is 23.1 Å². The zero-order valence-electron chi connectivity index (χ0n) is 12.8. The van der Waals surface area contributed by atoms with E-state index in [2.05, 4.69) is 16.5 Å². The molecule has 0 aromatic heterocycles. The van der Waals surface area contributed by atoms with Gasteiger partial charge in [0, 0.05) is 18.3 Å². The fraction of sp³-hybridized carbons (Fsp3) is 0.600. The summed E-state index contributed by atoms with van der Waals surface area (Å²) in [5, 5.41) is 0. The predicted octanol–water partition coefficient (Wildman–Crippen LogP) is 2.34. The number of nitrogens with two attached hydrogens (primary N) is 1. The zero-order chi connectivity index (χ0) is 15.5. The Labute approximate surface area is 127 Å². The molecule has 21 heavy (non-hydrogen) atoms. The largest absolute Gasteiger partial charge is 0.398 e. The highest BCUT2D eigenvalue weighted by molar-refractivity contribution is 7.89. The maximum absolute atomic E-state index is 11.9. The summed E-state index contributed by atoms with van der Waals surface area (Å²) in [5.74, 6) is 0. The van der Waals surface area contributed by atoms with E-state index in [1.54, 1.807) is 12.1 Å². The molecular formula is C15H25N3O2S. The number of nitrogens with zero attached hydrogens (tertiary/aromatic N) is 1. The Morgan fingerprint density at radius 1 is 1.33 bits per heavy atom. The second-order valence-electron chi connectivity index (χ2n) is 5.53. The van der Waals surface area contributed by atoms with Crippen LogP contribution in [0.25, 0.3) is 0 Å². The third-order valence-corrected chi connectivity index (χ3v) is 5.72. The Morgan fingerprint density at radius 2 is 2.10 bits per heavy atom. The summed E-state index contributed by atoms with van der Waals surface area (Å²) in [6.07, 6.45) is 5.97. The normalized spacial score (nSPS) is 20.3. The number of hydrogen-bond donors (Lipinski definition) is 2.